The van der Waals surface area contributed by atoms with Gasteiger partial charge in [0.2, 0.25) is 0 Å². The molecule has 0 aromatic heterocycles. The van der Waals surface area contributed by atoms with Crippen molar-refractivity contribution < 1.29 is 9.13 Å². The van der Waals surface area contributed by atoms with E-state index < -0.39 is 11.8 Å². The zero-order chi connectivity index (χ0) is 19.7. The molecule has 29 heavy (non-hydrogen) atoms. The monoisotopic (exact) mass is 381 g/mol. The van der Waals surface area contributed by atoms with Gasteiger partial charge in [0.25, 0.3) is 0 Å². The number of hydrogen-bond acceptors (Lipinski definition) is 2. The van der Waals surface area contributed by atoms with Crippen molar-refractivity contribution in [3.63, 3.8) is 0 Å². The summed E-state index contributed by atoms with van der Waals surface area (Å²) in [6.45, 7) is 0. The van der Waals surface area contributed by atoms with Crippen molar-refractivity contribution in [1.29, 1.82) is 0 Å². The Bertz CT molecular complexity index is 1070. The minimum atomic E-state index is -0.788. The number of halogens is 1. The van der Waals surface area contributed by atoms with Crippen LogP contribution in [-0.4, -0.2) is 0 Å². The second kappa shape index (κ2) is 7.19. The van der Waals surface area contributed by atoms with Crippen LogP contribution in [0.25, 0.3) is 0 Å². The van der Waals surface area contributed by atoms with Gasteiger partial charge in [0.05, 0.1) is 0 Å². The molecule has 1 N–H and O–H groups in total. The molecule has 1 unspecified atom stereocenters. The molecule has 1 atom stereocenters. The summed E-state index contributed by atoms with van der Waals surface area (Å²) in [6.07, 6.45) is -0.425. The fourth-order valence-corrected chi connectivity index (χ4v) is 4.08. The maximum atomic E-state index is 13.5. The number of nitrogens with one attached hydrogen (secondary N) is 1. The van der Waals surface area contributed by atoms with Gasteiger partial charge < -0.3 is 10.1 Å². The molecule has 0 amide bonds. The van der Waals surface area contributed by atoms with Gasteiger partial charge in [-0.2, -0.15) is 0 Å². The molecule has 5 rings (SSSR count). The molecule has 0 spiro atoms. The Kier molecular flexibility index (Phi) is 4.38. The standard InChI is InChI=1S/C26H20FNO/c27-22-17-15-19(16-18-22)25-28-24-14-8-7-13-23(24)26(29-25,20-9-3-1-4-10-20)21-11-5-2-6-12-21/h1-18,25,28H. The lowest BCUT2D eigenvalue weighted by molar-refractivity contribution is -0.0432. The summed E-state index contributed by atoms with van der Waals surface area (Å²) in [5, 5.41) is 3.48. The normalized spacial score (nSPS) is 17.2. The highest BCUT2D eigenvalue weighted by molar-refractivity contribution is 5.63. The molecule has 3 heteroatoms. The highest BCUT2D eigenvalue weighted by Crippen LogP contribution is 2.49. The SMILES string of the molecule is Fc1ccc(C2Nc3ccccc3C(c3ccccc3)(c3ccccc3)O2)cc1. The van der Waals surface area contributed by atoms with Crippen LogP contribution >= 0.6 is 0 Å². The van der Waals surface area contributed by atoms with Crippen LogP contribution < -0.4 is 5.32 Å². The Labute approximate surface area is 169 Å². The highest BCUT2D eigenvalue weighted by atomic mass is 19.1. The fourth-order valence-electron chi connectivity index (χ4n) is 4.08. The molecule has 4 aromatic carbocycles. The van der Waals surface area contributed by atoms with Crippen molar-refractivity contribution in [2.24, 2.45) is 0 Å². The second-order valence-electron chi connectivity index (χ2n) is 7.15. The van der Waals surface area contributed by atoms with Crippen LogP contribution in [0.2, 0.25) is 0 Å². The third-order valence-electron chi connectivity index (χ3n) is 5.42. The first-order valence-corrected chi connectivity index (χ1v) is 9.68. The summed E-state index contributed by atoms with van der Waals surface area (Å²) in [6, 6.07) is 35.2. The van der Waals surface area contributed by atoms with E-state index in [0.29, 0.717) is 0 Å². The lowest BCUT2D eigenvalue weighted by Crippen LogP contribution is -2.40. The maximum Gasteiger partial charge on any atom is 0.156 e. The summed E-state index contributed by atoms with van der Waals surface area (Å²) >= 11 is 0. The number of fused-ring (bicyclic) bond motifs is 1. The third kappa shape index (κ3) is 3.00. The van der Waals surface area contributed by atoms with Gasteiger partial charge in [-0.15, -0.1) is 0 Å². The van der Waals surface area contributed by atoms with Crippen molar-refractivity contribution in [2.45, 2.75) is 11.8 Å². The maximum absolute atomic E-state index is 13.5. The van der Waals surface area contributed by atoms with Gasteiger partial charge in [-0.1, -0.05) is 91.0 Å². The minimum absolute atomic E-state index is 0.262. The van der Waals surface area contributed by atoms with Crippen molar-refractivity contribution in [3.8, 4) is 0 Å². The fraction of sp³-hybridized carbons (Fsp3) is 0.0769. The van der Waals surface area contributed by atoms with Gasteiger partial charge in [0.15, 0.2) is 6.23 Å². The van der Waals surface area contributed by atoms with Crippen LogP contribution in [0.4, 0.5) is 10.1 Å². The quantitative estimate of drug-likeness (QED) is 0.452. The molecule has 0 fully saturated rings. The molecule has 0 saturated carbocycles. The average molecular weight is 381 g/mol. The summed E-state index contributed by atoms with van der Waals surface area (Å²) in [7, 11) is 0. The van der Waals surface area contributed by atoms with E-state index in [0.717, 1.165) is 27.9 Å². The van der Waals surface area contributed by atoms with Crippen molar-refractivity contribution in [3.05, 3.63) is 137 Å². The minimum Gasteiger partial charge on any atom is -0.356 e. The number of ether oxygens (including phenoxy) is 1. The number of benzene rings is 4. The summed E-state index contributed by atoms with van der Waals surface area (Å²) in [5.74, 6) is -0.262. The molecule has 2 nitrogen and oxygen atoms in total. The second-order valence-corrected chi connectivity index (χ2v) is 7.15. The lowest BCUT2D eigenvalue weighted by atomic mass is 9.78. The van der Waals surface area contributed by atoms with E-state index in [2.05, 4.69) is 41.7 Å². The van der Waals surface area contributed by atoms with Crippen LogP contribution in [0.1, 0.15) is 28.5 Å². The average Bonchev–Trinajstić information content (AvgIpc) is 2.80. The first kappa shape index (κ1) is 17.7. The van der Waals surface area contributed by atoms with Crippen LogP contribution in [0.3, 0.4) is 0 Å². The first-order valence-electron chi connectivity index (χ1n) is 9.68. The van der Waals surface area contributed by atoms with Gasteiger partial charge >= 0.3 is 0 Å². The van der Waals surface area contributed by atoms with E-state index in [-0.39, 0.29) is 5.82 Å². The highest BCUT2D eigenvalue weighted by Gasteiger charge is 2.44. The Hall–Kier alpha value is -3.43. The molecular weight excluding hydrogens is 361 g/mol. The molecule has 1 aliphatic heterocycles. The van der Waals surface area contributed by atoms with Crippen molar-refractivity contribution >= 4 is 5.69 Å². The van der Waals surface area contributed by atoms with Gasteiger partial charge in [0, 0.05) is 16.8 Å². The van der Waals surface area contributed by atoms with Crippen molar-refractivity contribution in [2.75, 3.05) is 5.32 Å². The van der Waals surface area contributed by atoms with E-state index in [9.17, 15) is 4.39 Å². The molecule has 0 radical (unpaired) electrons. The predicted molar refractivity (Wildman–Crippen MR) is 113 cm³/mol. The van der Waals surface area contributed by atoms with Crippen LogP contribution in [0.5, 0.6) is 0 Å². The van der Waals surface area contributed by atoms with Crippen LogP contribution in [0, 0.1) is 5.82 Å². The Balaban J connectivity index is 1.77. The molecule has 142 valence electrons. The van der Waals surface area contributed by atoms with E-state index >= 15 is 0 Å². The lowest BCUT2D eigenvalue weighted by Gasteiger charge is -2.44. The Morgan fingerprint density at radius 3 is 1.83 bits per heavy atom. The predicted octanol–water partition coefficient (Wildman–Crippen LogP) is 6.26. The van der Waals surface area contributed by atoms with Gasteiger partial charge in [-0.25, -0.2) is 4.39 Å². The van der Waals surface area contributed by atoms with E-state index in [1.165, 1.54) is 12.1 Å². The molecule has 4 aromatic rings. The van der Waals surface area contributed by atoms with E-state index in [1.54, 1.807) is 12.1 Å². The molecule has 0 bridgehead atoms. The molecule has 1 heterocycles. The molecule has 1 aliphatic rings. The van der Waals surface area contributed by atoms with Crippen LogP contribution in [0.15, 0.2) is 109 Å². The summed E-state index contributed by atoms with van der Waals surface area (Å²) in [5.41, 5.74) is 4.23. The largest absolute Gasteiger partial charge is 0.356 e. The number of anilines is 1. The number of para-hydroxylation sites is 1. The van der Waals surface area contributed by atoms with Gasteiger partial charge in [-0.3, -0.25) is 0 Å². The van der Waals surface area contributed by atoms with Gasteiger partial charge in [-0.05, 0) is 29.3 Å². The topological polar surface area (TPSA) is 21.3 Å². The van der Waals surface area contributed by atoms with E-state index in [4.69, 9.17) is 4.74 Å². The molecule has 0 saturated heterocycles. The Morgan fingerprint density at radius 2 is 1.21 bits per heavy atom. The summed E-state index contributed by atoms with van der Waals surface area (Å²) < 4.78 is 20.4. The van der Waals surface area contributed by atoms with E-state index in [1.807, 2.05) is 48.5 Å². The van der Waals surface area contributed by atoms with Gasteiger partial charge in [0.1, 0.15) is 11.4 Å². The van der Waals surface area contributed by atoms with Crippen LogP contribution in [-0.2, 0) is 10.3 Å². The third-order valence-corrected chi connectivity index (χ3v) is 5.42. The molecular formula is C26H20FNO. The Morgan fingerprint density at radius 1 is 0.655 bits per heavy atom. The summed E-state index contributed by atoms with van der Waals surface area (Å²) in [4.78, 5) is 0. The number of hydrogen-bond donors (Lipinski definition) is 1. The smallest absolute Gasteiger partial charge is 0.156 e. The molecule has 0 aliphatic carbocycles. The zero-order valence-corrected chi connectivity index (χ0v) is 15.8. The zero-order valence-electron chi connectivity index (χ0n) is 15.8. The number of rotatable bonds is 3. The first-order chi connectivity index (χ1) is 14.3. The van der Waals surface area contributed by atoms with Crippen molar-refractivity contribution in [1.82, 2.24) is 0 Å².